The van der Waals surface area contributed by atoms with E-state index in [0.29, 0.717) is 5.11 Å². The second-order valence-electron chi connectivity index (χ2n) is 5.77. The molecule has 3 nitrogen and oxygen atoms in total. The average Bonchev–Trinajstić information content (AvgIpc) is 2.89. The van der Waals surface area contributed by atoms with Crippen molar-refractivity contribution >= 4 is 23.0 Å². The number of thiocarbonyl (C=S) groups is 1. The van der Waals surface area contributed by atoms with Crippen LogP contribution in [0.25, 0.3) is 0 Å². The molecule has 1 atom stereocenters. The Bertz CT molecular complexity index is 699. The summed E-state index contributed by atoms with van der Waals surface area (Å²) in [4.78, 5) is 0. The van der Waals surface area contributed by atoms with Crippen LogP contribution in [0, 0.1) is 13.8 Å². The van der Waals surface area contributed by atoms with Gasteiger partial charge < -0.3 is 5.32 Å². The Morgan fingerprint density at radius 2 is 1.77 bits per heavy atom. The number of aryl methyl sites for hydroxylation is 2. The lowest BCUT2D eigenvalue weighted by Gasteiger charge is -2.29. The van der Waals surface area contributed by atoms with Gasteiger partial charge >= 0.3 is 0 Å². The van der Waals surface area contributed by atoms with E-state index < -0.39 is 0 Å². The molecule has 2 N–H and O–H groups in total. The lowest BCUT2D eigenvalue weighted by atomic mass is 9.98. The normalized spacial score (nSPS) is 21.0. The van der Waals surface area contributed by atoms with Gasteiger partial charge in [0.15, 0.2) is 5.11 Å². The van der Waals surface area contributed by atoms with E-state index in [9.17, 15) is 0 Å². The van der Waals surface area contributed by atoms with Crippen LogP contribution in [0.15, 0.2) is 48.5 Å². The van der Waals surface area contributed by atoms with Gasteiger partial charge in [-0.05, 0) is 61.3 Å². The van der Waals surface area contributed by atoms with Crippen molar-refractivity contribution in [3.05, 3.63) is 65.2 Å². The molecule has 1 fully saturated rings. The molecule has 0 aromatic heterocycles. The van der Waals surface area contributed by atoms with Crippen molar-refractivity contribution in [1.29, 1.82) is 0 Å². The smallest absolute Gasteiger partial charge is 0.190 e. The summed E-state index contributed by atoms with van der Waals surface area (Å²) in [6.45, 7) is 6.39. The third-order valence-corrected chi connectivity index (χ3v) is 4.66. The predicted octanol–water partition coefficient (Wildman–Crippen LogP) is 3.77. The number of rotatable bonds is 3. The Kier molecular flexibility index (Phi) is 3.89. The Labute approximate surface area is 137 Å². The van der Waals surface area contributed by atoms with Crippen molar-refractivity contribution in [2.24, 2.45) is 0 Å². The molecule has 4 heteroatoms. The van der Waals surface area contributed by atoms with Gasteiger partial charge in [-0.15, -0.1) is 0 Å². The van der Waals surface area contributed by atoms with Crippen LogP contribution in [-0.2, 0) is 5.66 Å². The predicted molar refractivity (Wildman–Crippen MR) is 95.7 cm³/mol. The third kappa shape index (κ3) is 2.49. The zero-order valence-corrected chi connectivity index (χ0v) is 14.0. The van der Waals surface area contributed by atoms with Crippen molar-refractivity contribution in [1.82, 2.24) is 10.7 Å². The van der Waals surface area contributed by atoms with E-state index in [1.807, 2.05) is 11.1 Å². The molecule has 2 aromatic carbocycles. The van der Waals surface area contributed by atoms with Crippen LogP contribution in [0.4, 0.5) is 5.69 Å². The van der Waals surface area contributed by atoms with Gasteiger partial charge in [-0.1, -0.05) is 43.3 Å². The first-order chi connectivity index (χ1) is 10.6. The molecule has 0 saturated carbocycles. The summed E-state index contributed by atoms with van der Waals surface area (Å²) in [6, 6.07) is 16.8. The van der Waals surface area contributed by atoms with Gasteiger partial charge in [-0.25, -0.2) is 5.01 Å². The van der Waals surface area contributed by atoms with Crippen LogP contribution in [0.3, 0.4) is 0 Å². The maximum Gasteiger partial charge on any atom is 0.190 e. The molecule has 22 heavy (non-hydrogen) atoms. The molecule has 114 valence electrons. The van der Waals surface area contributed by atoms with Gasteiger partial charge in [0.1, 0.15) is 5.66 Å². The van der Waals surface area contributed by atoms with E-state index in [1.54, 1.807) is 0 Å². The highest BCUT2D eigenvalue weighted by molar-refractivity contribution is 7.80. The average molecular weight is 311 g/mol. The fourth-order valence-electron chi connectivity index (χ4n) is 2.79. The van der Waals surface area contributed by atoms with Crippen LogP contribution >= 0.6 is 12.2 Å². The van der Waals surface area contributed by atoms with Gasteiger partial charge in [0.05, 0.1) is 5.69 Å². The molecule has 1 aliphatic rings. The lowest BCUT2D eigenvalue weighted by Crippen LogP contribution is -2.47. The molecular weight excluding hydrogens is 290 g/mol. The van der Waals surface area contributed by atoms with Crippen LogP contribution in [0.1, 0.15) is 30.0 Å². The minimum absolute atomic E-state index is 0.350. The lowest BCUT2D eigenvalue weighted by molar-refractivity contribution is 0.337. The second kappa shape index (κ2) is 5.71. The highest BCUT2D eigenvalue weighted by Crippen LogP contribution is 2.30. The van der Waals surface area contributed by atoms with E-state index in [2.05, 4.69) is 74.0 Å². The fraction of sp³-hybridized carbons (Fsp3) is 0.278. The molecule has 0 aliphatic carbocycles. The molecule has 0 spiro atoms. The molecule has 0 amide bonds. The van der Waals surface area contributed by atoms with Crippen molar-refractivity contribution in [3.63, 3.8) is 0 Å². The molecule has 2 aromatic rings. The van der Waals surface area contributed by atoms with Gasteiger partial charge in [-0.3, -0.25) is 0 Å². The molecule has 0 radical (unpaired) electrons. The largest absolute Gasteiger partial charge is 0.338 e. The molecule has 1 saturated heterocycles. The minimum Gasteiger partial charge on any atom is -0.338 e. The van der Waals surface area contributed by atoms with E-state index in [0.717, 1.165) is 12.1 Å². The van der Waals surface area contributed by atoms with Crippen molar-refractivity contribution in [3.8, 4) is 0 Å². The fourth-order valence-corrected chi connectivity index (χ4v) is 3.11. The number of hydrogen-bond acceptors (Lipinski definition) is 2. The maximum absolute atomic E-state index is 5.57. The summed E-state index contributed by atoms with van der Waals surface area (Å²) < 4.78 is 0. The number of hydrazine groups is 1. The van der Waals surface area contributed by atoms with Crippen molar-refractivity contribution in [2.45, 2.75) is 32.9 Å². The van der Waals surface area contributed by atoms with Crippen LogP contribution in [0.2, 0.25) is 0 Å². The first kappa shape index (κ1) is 15.0. The number of benzene rings is 2. The molecule has 1 heterocycles. The Balaban J connectivity index is 1.96. The highest BCUT2D eigenvalue weighted by atomic mass is 32.1. The molecule has 3 rings (SSSR count). The summed E-state index contributed by atoms with van der Waals surface area (Å²) >= 11 is 5.57. The number of nitrogens with zero attached hydrogens (tertiary/aromatic N) is 1. The standard InChI is InChI=1S/C18H21N3S/c1-4-18(15-8-6-5-7-9-15)19-17(22)21(20-18)16-11-10-13(2)14(3)12-16/h5-12,20H,4H2,1-3H3,(H,19,22)/t18-/m1/s1. The van der Waals surface area contributed by atoms with Crippen LogP contribution in [0.5, 0.6) is 0 Å². The summed E-state index contributed by atoms with van der Waals surface area (Å²) in [5.41, 5.74) is 8.01. The Morgan fingerprint density at radius 1 is 1.05 bits per heavy atom. The number of nitrogens with one attached hydrogen (secondary N) is 2. The van der Waals surface area contributed by atoms with E-state index in [4.69, 9.17) is 12.2 Å². The molecule has 0 unspecified atom stereocenters. The first-order valence-corrected chi connectivity index (χ1v) is 7.99. The van der Waals surface area contributed by atoms with Gasteiger partial charge in [0.2, 0.25) is 0 Å². The van der Waals surface area contributed by atoms with E-state index in [-0.39, 0.29) is 5.66 Å². The number of anilines is 1. The quantitative estimate of drug-likeness (QED) is 0.844. The third-order valence-electron chi connectivity index (χ3n) is 4.37. The Morgan fingerprint density at radius 3 is 2.41 bits per heavy atom. The van der Waals surface area contributed by atoms with Crippen LogP contribution in [-0.4, -0.2) is 5.11 Å². The van der Waals surface area contributed by atoms with E-state index in [1.165, 1.54) is 16.7 Å². The van der Waals surface area contributed by atoms with Crippen molar-refractivity contribution < 1.29 is 0 Å². The SMILES string of the molecule is CC[C@@]1(c2ccccc2)NC(=S)N(c2ccc(C)c(C)c2)N1. The monoisotopic (exact) mass is 311 g/mol. The topological polar surface area (TPSA) is 27.3 Å². The van der Waals surface area contributed by atoms with Gasteiger partial charge in [0.25, 0.3) is 0 Å². The number of hydrogen-bond donors (Lipinski definition) is 2. The zero-order chi connectivity index (χ0) is 15.7. The summed E-state index contributed by atoms with van der Waals surface area (Å²) in [5.74, 6) is 0. The van der Waals surface area contributed by atoms with Crippen LogP contribution < -0.4 is 15.8 Å². The second-order valence-corrected chi connectivity index (χ2v) is 6.16. The van der Waals surface area contributed by atoms with Gasteiger partial charge in [-0.2, -0.15) is 5.43 Å². The summed E-state index contributed by atoms with van der Waals surface area (Å²) in [7, 11) is 0. The molecular formula is C18H21N3S. The van der Waals surface area contributed by atoms with Crippen molar-refractivity contribution in [2.75, 3.05) is 5.01 Å². The summed E-state index contributed by atoms with van der Waals surface area (Å²) in [6.07, 6.45) is 0.887. The highest BCUT2D eigenvalue weighted by Gasteiger charge is 2.40. The van der Waals surface area contributed by atoms with E-state index >= 15 is 0 Å². The van der Waals surface area contributed by atoms with Gasteiger partial charge in [0, 0.05) is 0 Å². The zero-order valence-electron chi connectivity index (χ0n) is 13.2. The Hall–Kier alpha value is -1.91. The molecule has 0 bridgehead atoms. The maximum atomic E-state index is 5.57. The first-order valence-electron chi connectivity index (χ1n) is 7.58. The molecule has 1 aliphatic heterocycles. The minimum atomic E-state index is -0.350. The summed E-state index contributed by atoms with van der Waals surface area (Å²) in [5, 5.41) is 6.14.